The minimum atomic E-state index is -0.587. The number of carbonyl (C=O) groups is 1. The van der Waals surface area contributed by atoms with Crippen molar-refractivity contribution in [1.29, 1.82) is 0 Å². The summed E-state index contributed by atoms with van der Waals surface area (Å²) in [5.74, 6) is 0. The molecule has 1 heterocycles. The van der Waals surface area contributed by atoms with Gasteiger partial charge in [-0.1, -0.05) is 35.3 Å². The maximum Gasteiger partial charge on any atom is 0.496 e. The predicted molar refractivity (Wildman–Crippen MR) is 77.6 cm³/mol. The van der Waals surface area contributed by atoms with Gasteiger partial charge in [0.2, 0.25) is 0 Å². The SMILES string of the molecule is CC1(C)OB(c2ccc(C=O)c(Cl)c2Cl)OC1(C)C. The van der Waals surface area contributed by atoms with Crippen LogP contribution in [0, 0.1) is 0 Å². The third-order valence-electron chi connectivity index (χ3n) is 3.78. The highest BCUT2D eigenvalue weighted by molar-refractivity contribution is 6.66. The lowest BCUT2D eigenvalue weighted by atomic mass is 9.78. The molecule has 102 valence electrons. The fourth-order valence-electron chi connectivity index (χ4n) is 1.82. The molecule has 1 fully saturated rings. The molecule has 0 atom stereocenters. The first-order chi connectivity index (χ1) is 8.69. The lowest BCUT2D eigenvalue weighted by Crippen LogP contribution is -2.41. The van der Waals surface area contributed by atoms with Crippen molar-refractivity contribution in [3.05, 3.63) is 27.7 Å². The summed E-state index contributed by atoms with van der Waals surface area (Å²) in [4.78, 5) is 10.8. The van der Waals surface area contributed by atoms with Crippen LogP contribution in [0.3, 0.4) is 0 Å². The minimum Gasteiger partial charge on any atom is -0.399 e. The molecule has 1 aliphatic rings. The van der Waals surface area contributed by atoms with Crippen LogP contribution in [0.5, 0.6) is 0 Å². The first kappa shape index (κ1) is 14.9. The van der Waals surface area contributed by atoms with Crippen LogP contribution in [0.15, 0.2) is 12.1 Å². The van der Waals surface area contributed by atoms with E-state index in [4.69, 9.17) is 32.5 Å². The van der Waals surface area contributed by atoms with Crippen LogP contribution in [-0.4, -0.2) is 24.6 Å². The van der Waals surface area contributed by atoms with Crippen molar-refractivity contribution in [1.82, 2.24) is 0 Å². The number of aldehydes is 1. The van der Waals surface area contributed by atoms with Crippen LogP contribution in [0.4, 0.5) is 0 Å². The van der Waals surface area contributed by atoms with Crippen molar-refractivity contribution in [3.8, 4) is 0 Å². The summed E-state index contributed by atoms with van der Waals surface area (Å²) in [6.45, 7) is 7.84. The van der Waals surface area contributed by atoms with Crippen molar-refractivity contribution < 1.29 is 14.1 Å². The fraction of sp³-hybridized carbons (Fsp3) is 0.462. The highest BCUT2D eigenvalue weighted by atomic mass is 35.5. The van der Waals surface area contributed by atoms with E-state index in [-0.39, 0.29) is 5.02 Å². The highest BCUT2D eigenvalue weighted by Crippen LogP contribution is 2.37. The van der Waals surface area contributed by atoms with E-state index in [1.165, 1.54) is 0 Å². The normalized spacial score (nSPS) is 20.6. The molecule has 0 aliphatic carbocycles. The lowest BCUT2D eigenvalue weighted by Gasteiger charge is -2.32. The molecule has 1 aromatic carbocycles. The average molecular weight is 301 g/mol. The molecule has 0 spiro atoms. The van der Waals surface area contributed by atoms with Gasteiger partial charge in [-0.2, -0.15) is 0 Å². The molecule has 1 aliphatic heterocycles. The van der Waals surface area contributed by atoms with Gasteiger partial charge in [-0.15, -0.1) is 0 Å². The fourth-order valence-corrected chi connectivity index (χ4v) is 2.30. The van der Waals surface area contributed by atoms with Gasteiger partial charge in [-0.25, -0.2) is 0 Å². The summed E-state index contributed by atoms with van der Waals surface area (Å²) in [5.41, 5.74) is 0.0935. The Hall–Kier alpha value is -0.545. The average Bonchev–Trinajstić information content (AvgIpc) is 2.51. The molecule has 0 bridgehead atoms. The van der Waals surface area contributed by atoms with Gasteiger partial charge in [0.25, 0.3) is 0 Å². The Bertz CT molecular complexity index is 513. The Morgan fingerprint density at radius 1 is 1.05 bits per heavy atom. The van der Waals surface area contributed by atoms with Crippen LogP contribution in [0.1, 0.15) is 38.1 Å². The van der Waals surface area contributed by atoms with Crippen molar-refractivity contribution in [2.24, 2.45) is 0 Å². The molecule has 19 heavy (non-hydrogen) atoms. The van der Waals surface area contributed by atoms with Crippen molar-refractivity contribution in [2.75, 3.05) is 0 Å². The summed E-state index contributed by atoms with van der Waals surface area (Å²) in [6, 6.07) is 3.32. The predicted octanol–water partition coefficient (Wildman–Crippen LogP) is 3.11. The molecule has 6 heteroatoms. The largest absolute Gasteiger partial charge is 0.496 e. The molecule has 0 amide bonds. The molecular weight excluding hydrogens is 286 g/mol. The maximum absolute atomic E-state index is 10.8. The Labute approximate surface area is 123 Å². The number of hydrogen-bond acceptors (Lipinski definition) is 3. The summed E-state index contributed by atoms with van der Waals surface area (Å²) in [6.07, 6.45) is 0.669. The Kier molecular flexibility index (Phi) is 3.73. The quantitative estimate of drug-likeness (QED) is 0.622. The van der Waals surface area contributed by atoms with E-state index >= 15 is 0 Å². The standard InChI is InChI=1S/C13H15BCl2O3/c1-12(2)13(3,4)19-14(18-12)9-6-5-8(7-17)10(15)11(9)16/h5-7H,1-4H3. The molecule has 3 nitrogen and oxygen atoms in total. The first-order valence-corrected chi connectivity index (χ1v) is 6.74. The molecule has 0 radical (unpaired) electrons. The second-order valence-electron chi connectivity index (χ2n) is 5.58. The van der Waals surface area contributed by atoms with Crippen molar-refractivity contribution >= 4 is 42.1 Å². The van der Waals surface area contributed by atoms with Crippen LogP contribution in [-0.2, 0) is 9.31 Å². The highest BCUT2D eigenvalue weighted by Gasteiger charge is 2.52. The summed E-state index contributed by atoms with van der Waals surface area (Å²) < 4.78 is 11.8. The summed E-state index contributed by atoms with van der Waals surface area (Å²) >= 11 is 12.2. The van der Waals surface area contributed by atoms with E-state index in [0.29, 0.717) is 22.3 Å². The minimum absolute atomic E-state index is 0.226. The topological polar surface area (TPSA) is 35.5 Å². The van der Waals surface area contributed by atoms with E-state index in [1.807, 2.05) is 27.7 Å². The second-order valence-corrected chi connectivity index (χ2v) is 6.33. The molecule has 0 N–H and O–H groups in total. The zero-order chi connectivity index (χ0) is 14.4. The third kappa shape index (κ3) is 2.43. The van der Waals surface area contributed by atoms with Crippen molar-refractivity contribution in [3.63, 3.8) is 0 Å². The van der Waals surface area contributed by atoms with E-state index in [2.05, 4.69) is 0 Å². The molecule has 1 saturated heterocycles. The van der Waals surface area contributed by atoms with Crippen LogP contribution in [0.25, 0.3) is 0 Å². The summed E-state index contributed by atoms with van der Waals surface area (Å²) in [5, 5.41) is 0.522. The number of hydrogen-bond donors (Lipinski definition) is 0. The molecule has 2 rings (SSSR count). The van der Waals surface area contributed by atoms with Gasteiger partial charge >= 0.3 is 7.12 Å². The van der Waals surface area contributed by atoms with E-state index in [1.54, 1.807) is 12.1 Å². The zero-order valence-corrected chi connectivity index (χ0v) is 12.8. The van der Waals surface area contributed by atoms with Crippen LogP contribution in [0.2, 0.25) is 10.0 Å². The molecule has 0 saturated carbocycles. The molecule has 1 aromatic rings. The monoisotopic (exact) mass is 300 g/mol. The maximum atomic E-state index is 10.8. The van der Waals surface area contributed by atoms with Crippen LogP contribution < -0.4 is 5.46 Å². The van der Waals surface area contributed by atoms with Gasteiger partial charge < -0.3 is 9.31 Å². The number of halogens is 2. The van der Waals surface area contributed by atoms with Crippen molar-refractivity contribution in [2.45, 2.75) is 38.9 Å². The van der Waals surface area contributed by atoms with Gasteiger partial charge in [-0.3, -0.25) is 4.79 Å². The van der Waals surface area contributed by atoms with Gasteiger partial charge in [0.15, 0.2) is 6.29 Å². The van der Waals surface area contributed by atoms with Gasteiger partial charge in [0, 0.05) is 11.0 Å². The Morgan fingerprint density at radius 2 is 1.58 bits per heavy atom. The number of rotatable bonds is 2. The first-order valence-electron chi connectivity index (χ1n) is 5.98. The third-order valence-corrected chi connectivity index (χ3v) is 4.69. The lowest BCUT2D eigenvalue weighted by molar-refractivity contribution is 0.00578. The Morgan fingerprint density at radius 3 is 2.05 bits per heavy atom. The second kappa shape index (κ2) is 4.78. The smallest absolute Gasteiger partial charge is 0.399 e. The molecule has 0 unspecified atom stereocenters. The molecule has 0 aromatic heterocycles. The van der Waals surface area contributed by atoms with Gasteiger partial charge in [-0.05, 0) is 27.7 Å². The van der Waals surface area contributed by atoms with E-state index in [0.717, 1.165) is 0 Å². The van der Waals surface area contributed by atoms with E-state index < -0.39 is 18.3 Å². The number of carbonyl (C=O) groups excluding carboxylic acids is 1. The zero-order valence-electron chi connectivity index (χ0n) is 11.3. The summed E-state index contributed by atoms with van der Waals surface area (Å²) in [7, 11) is -0.587. The van der Waals surface area contributed by atoms with Gasteiger partial charge in [0.05, 0.1) is 21.2 Å². The van der Waals surface area contributed by atoms with Gasteiger partial charge in [0.1, 0.15) is 0 Å². The van der Waals surface area contributed by atoms with Crippen LogP contribution >= 0.6 is 23.2 Å². The molecular formula is C13H15BCl2O3. The Balaban J connectivity index is 2.41. The number of benzene rings is 1. The van der Waals surface area contributed by atoms with E-state index in [9.17, 15) is 4.79 Å².